The second-order valence-corrected chi connectivity index (χ2v) is 2.75. The van der Waals surface area contributed by atoms with E-state index in [0.717, 1.165) is 5.57 Å². The maximum atomic E-state index is 6.62. The zero-order valence-corrected chi connectivity index (χ0v) is 8.49. The van der Waals surface area contributed by atoms with Gasteiger partial charge >= 0.3 is 0 Å². The van der Waals surface area contributed by atoms with E-state index < -0.39 is 0 Å². The van der Waals surface area contributed by atoms with Gasteiger partial charge in [0.05, 0.1) is 0 Å². The van der Waals surface area contributed by atoms with Crippen LogP contribution in [0.2, 0.25) is 0 Å². The minimum atomic E-state index is 0.801. The summed E-state index contributed by atoms with van der Waals surface area (Å²) in [4.78, 5) is 3.85. The van der Waals surface area contributed by atoms with E-state index >= 15 is 0 Å². The molecule has 0 aliphatic rings. The van der Waals surface area contributed by atoms with Crippen LogP contribution in [-0.2, 0) is 0 Å². The van der Waals surface area contributed by atoms with Crippen molar-refractivity contribution >= 4 is 12.4 Å². The van der Waals surface area contributed by atoms with Gasteiger partial charge in [0.15, 0.2) is 0 Å². The summed E-state index contributed by atoms with van der Waals surface area (Å²) < 4.78 is 0. The summed E-state index contributed by atoms with van der Waals surface area (Å²) in [6.45, 7) is 3.82. The van der Waals surface area contributed by atoms with Gasteiger partial charge in [-0.25, -0.2) is 0 Å². The van der Waals surface area contributed by atoms with Crippen LogP contribution in [0.15, 0.2) is 36.2 Å². The van der Waals surface area contributed by atoms with E-state index in [1.807, 2.05) is 19.1 Å². The molecule has 0 aliphatic heterocycles. The van der Waals surface area contributed by atoms with E-state index in [4.69, 9.17) is 10.8 Å². The average Bonchev–Trinajstić information content (AvgIpc) is 2.20. The first-order chi connectivity index (χ1) is 6.70. The van der Waals surface area contributed by atoms with Crippen molar-refractivity contribution in [1.82, 2.24) is 4.98 Å². The van der Waals surface area contributed by atoms with Gasteiger partial charge in [-0.05, 0) is 43.2 Å². The number of hydrogen-bond donors (Lipinski definition) is 2. The van der Waals surface area contributed by atoms with Gasteiger partial charge in [-0.2, -0.15) is 0 Å². The minimum absolute atomic E-state index is 0.801. The third-order valence-electron chi connectivity index (χ3n) is 1.42. The molecule has 1 aromatic rings. The number of aryl methyl sites for hydroxylation is 1. The number of pyridine rings is 1. The molecule has 14 heavy (non-hydrogen) atoms. The Morgan fingerprint density at radius 2 is 1.86 bits per heavy atom. The van der Waals surface area contributed by atoms with Gasteiger partial charge in [-0.15, -0.1) is 0 Å². The third kappa shape index (κ3) is 6.91. The summed E-state index contributed by atoms with van der Waals surface area (Å²) in [5.74, 6) is 0. The molecule has 0 aromatic carbocycles. The Bertz CT molecular complexity index is 302. The van der Waals surface area contributed by atoms with Gasteiger partial charge in [0.2, 0.25) is 0 Å². The fraction of sp³-hybridized carbons (Fsp3) is 0.182. The van der Waals surface area contributed by atoms with Crippen LogP contribution in [0.3, 0.4) is 0 Å². The van der Waals surface area contributed by atoms with Crippen LogP contribution in [0, 0.1) is 17.7 Å². The molecule has 0 amide bonds. The van der Waals surface area contributed by atoms with Crippen molar-refractivity contribution in [3.63, 3.8) is 0 Å². The molecule has 3 heteroatoms. The quantitative estimate of drug-likeness (QED) is 0.690. The monoisotopic (exact) mass is 189 g/mol. The summed E-state index contributed by atoms with van der Waals surface area (Å²) in [5, 5.41) is 13.1. The number of allylic oxidation sites excluding steroid dienone is 2. The lowest BCUT2D eigenvalue weighted by Crippen LogP contribution is -1.72. The summed E-state index contributed by atoms with van der Waals surface area (Å²) in [7, 11) is 0. The van der Waals surface area contributed by atoms with Crippen molar-refractivity contribution in [1.29, 1.82) is 10.8 Å². The second kappa shape index (κ2) is 7.86. The van der Waals surface area contributed by atoms with Gasteiger partial charge in [-0.3, -0.25) is 4.98 Å². The molecule has 0 radical (unpaired) electrons. The summed E-state index contributed by atoms with van der Waals surface area (Å²) >= 11 is 0. The zero-order valence-electron chi connectivity index (χ0n) is 8.49. The van der Waals surface area contributed by atoms with Crippen molar-refractivity contribution in [3.05, 3.63) is 41.7 Å². The number of rotatable bonds is 2. The van der Waals surface area contributed by atoms with E-state index in [9.17, 15) is 0 Å². The van der Waals surface area contributed by atoms with Crippen molar-refractivity contribution in [2.75, 3.05) is 0 Å². The van der Waals surface area contributed by atoms with Crippen LogP contribution >= 0.6 is 0 Å². The fourth-order valence-electron chi connectivity index (χ4n) is 0.606. The van der Waals surface area contributed by atoms with Crippen molar-refractivity contribution in [2.45, 2.75) is 13.8 Å². The van der Waals surface area contributed by atoms with E-state index in [-0.39, 0.29) is 0 Å². The first-order valence-electron chi connectivity index (χ1n) is 4.25. The number of nitrogens with zero attached hydrogens (tertiary/aromatic N) is 1. The molecular weight excluding hydrogens is 174 g/mol. The van der Waals surface area contributed by atoms with Gasteiger partial charge < -0.3 is 10.8 Å². The maximum Gasteiger partial charge on any atom is 0.0270 e. The Labute approximate surface area is 84.5 Å². The van der Waals surface area contributed by atoms with Crippen LogP contribution < -0.4 is 0 Å². The topological polar surface area (TPSA) is 60.6 Å². The smallest absolute Gasteiger partial charge is 0.0270 e. The van der Waals surface area contributed by atoms with E-state index in [1.165, 1.54) is 18.0 Å². The number of hydrogen-bond acceptors (Lipinski definition) is 3. The number of aromatic nitrogens is 1. The Morgan fingerprint density at radius 3 is 2.07 bits per heavy atom. The molecular formula is C11H15N3. The molecule has 0 unspecified atom stereocenters. The molecule has 0 saturated carbocycles. The molecule has 74 valence electrons. The molecule has 0 saturated heterocycles. The Hall–Kier alpha value is -1.77. The van der Waals surface area contributed by atoms with Crippen LogP contribution in [0.25, 0.3) is 0 Å². The molecule has 0 bridgehead atoms. The lowest BCUT2D eigenvalue weighted by Gasteiger charge is -1.82. The minimum Gasteiger partial charge on any atom is -0.309 e. The first kappa shape index (κ1) is 12.2. The van der Waals surface area contributed by atoms with Crippen LogP contribution in [-0.4, -0.2) is 17.4 Å². The number of nitrogens with one attached hydrogen (secondary N) is 2. The van der Waals surface area contributed by atoms with E-state index in [0.29, 0.717) is 0 Å². The largest absolute Gasteiger partial charge is 0.309 e. The van der Waals surface area contributed by atoms with E-state index in [2.05, 4.69) is 4.98 Å². The SMILES string of the molecule is C/C(C=N)=C/C=N.Cc1ccncc1. The molecule has 0 atom stereocenters. The lowest BCUT2D eigenvalue weighted by molar-refractivity contribution is 1.29. The predicted octanol–water partition coefficient (Wildman–Crippen LogP) is 2.62. The Kier molecular flexibility index (Phi) is 6.86. The maximum absolute atomic E-state index is 6.62. The van der Waals surface area contributed by atoms with Crippen molar-refractivity contribution < 1.29 is 0 Å². The summed E-state index contributed by atoms with van der Waals surface area (Å²) in [6.07, 6.45) is 7.52. The highest BCUT2D eigenvalue weighted by molar-refractivity contribution is 5.83. The normalized spacial score (nSPS) is 9.71. The highest BCUT2D eigenvalue weighted by Crippen LogP contribution is 1.88. The van der Waals surface area contributed by atoms with Gasteiger partial charge in [-0.1, -0.05) is 0 Å². The lowest BCUT2D eigenvalue weighted by atomic mass is 10.3. The second-order valence-electron chi connectivity index (χ2n) is 2.75. The standard InChI is InChI=1S/C6H7N.C5H8N2/c1-6-2-4-7-5-3-6;1-5(4-7)2-3-6/h2-5H,1H3;2-4,6-7H,1H3/b;5-2-,6-3?,7-4?. The van der Waals surface area contributed by atoms with Crippen LogP contribution in [0.5, 0.6) is 0 Å². The highest BCUT2D eigenvalue weighted by Gasteiger charge is 1.73. The molecule has 1 rings (SSSR count). The first-order valence-corrected chi connectivity index (χ1v) is 4.25. The molecule has 1 aromatic heterocycles. The molecule has 0 fully saturated rings. The highest BCUT2D eigenvalue weighted by atomic mass is 14.6. The molecule has 1 heterocycles. The Balaban J connectivity index is 0.000000241. The molecule has 0 spiro atoms. The van der Waals surface area contributed by atoms with Gasteiger partial charge in [0.25, 0.3) is 0 Å². The average molecular weight is 189 g/mol. The molecule has 3 nitrogen and oxygen atoms in total. The van der Waals surface area contributed by atoms with Crippen molar-refractivity contribution in [2.24, 2.45) is 0 Å². The zero-order chi connectivity index (χ0) is 10.8. The molecule has 0 aliphatic carbocycles. The van der Waals surface area contributed by atoms with Crippen molar-refractivity contribution in [3.8, 4) is 0 Å². The third-order valence-corrected chi connectivity index (χ3v) is 1.42. The molecule has 2 N–H and O–H groups in total. The van der Waals surface area contributed by atoms with Gasteiger partial charge in [0, 0.05) is 24.8 Å². The Morgan fingerprint density at radius 1 is 1.29 bits per heavy atom. The van der Waals surface area contributed by atoms with Gasteiger partial charge in [0.1, 0.15) is 0 Å². The summed E-state index contributed by atoms with van der Waals surface area (Å²) in [6, 6.07) is 3.94. The van der Waals surface area contributed by atoms with Crippen LogP contribution in [0.4, 0.5) is 0 Å². The summed E-state index contributed by atoms with van der Waals surface area (Å²) in [5.41, 5.74) is 2.06. The predicted molar refractivity (Wildman–Crippen MR) is 60.3 cm³/mol. The van der Waals surface area contributed by atoms with E-state index in [1.54, 1.807) is 25.4 Å². The fourth-order valence-corrected chi connectivity index (χ4v) is 0.606. The van der Waals surface area contributed by atoms with Crippen LogP contribution in [0.1, 0.15) is 12.5 Å².